The molecule has 3 aromatic carbocycles. The molecule has 228 valence electrons. The van der Waals surface area contributed by atoms with Gasteiger partial charge in [0.25, 0.3) is 0 Å². The van der Waals surface area contributed by atoms with Gasteiger partial charge >= 0.3 is 12.0 Å². The van der Waals surface area contributed by atoms with E-state index < -0.39 is 11.8 Å². The minimum atomic E-state index is -0.682. The summed E-state index contributed by atoms with van der Waals surface area (Å²) in [5.74, 6) is 0.323. The highest BCUT2D eigenvalue weighted by Crippen LogP contribution is 2.32. The predicted octanol–water partition coefficient (Wildman–Crippen LogP) is 5.34. The number of methoxy groups -OCH3 is 1. The smallest absolute Gasteiger partial charge is 0.323 e. The monoisotopic (exact) mass is 608 g/mol. The molecule has 2 aromatic heterocycles. The lowest BCUT2D eigenvalue weighted by Crippen LogP contribution is -2.37. The van der Waals surface area contributed by atoms with Gasteiger partial charge in [0.1, 0.15) is 11.6 Å². The predicted molar refractivity (Wildman–Crippen MR) is 169 cm³/mol. The topological polar surface area (TPSA) is 143 Å². The Hall–Kier alpha value is -5.69. The molecule has 0 radical (unpaired) electrons. The summed E-state index contributed by atoms with van der Waals surface area (Å²) in [6.45, 7) is 3.94. The third-order valence-electron chi connectivity index (χ3n) is 7.07. The number of anilines is 4. The minimum absolute atomic E-state index is 0.0287. The molecule has 3 N–H and O–H groups in total. The van der Waals surface area contributed by atoms with Crippen molar-refractivity contribution in [3.8, 4) is 28.5 Å². The van der Waals surface area contributed by atoms with E-state index >= 15 is 0 Å². The van der Waals surface area contributed by atoms with Crippen LogP contribution in [-0.4, -0.2) is 65.3 Å². The Kier molecular flexibility index (Phi) is 8.42. The second kappa shape index (κ2) is 12.9. The van der Waals surface area contributed by atoms with E-state index in [9.17, 15) is 14.0 Å². The zero-order valence-corrected chi connectivity index (χ0v) is 24.5. The van der Waals surface area contributed by atoms with Crippen molar-refractivity contribution in [2.75, 3.05) is 54.3 Å². The molecule has 5 aromatic rings. The molecule has 1 saturated heterocycles. The van der Waals surface area contributed by atoms with Gasteiger partial charge in [-0.1, -0.05) is 6.07 Å². The lowest BCUT2D eigenvalue weighted by molar-refractivity contribution is -0.114. The average Bonchev–Trinajstić information content (AvgIpc) is 3.06. The number of fused-ring (bicyclic) bond motifs is 1. The third kappa shape index (κ3) is 6.78. The summed E-state index contributed by atoms with van der Waals surface area (Å²) in [6, 6.07) is 16.7. The van der Waals surface area contributed by atoms with Gasteiger partial charge < -0.3 is 30.3 Å². The van der Waals surface area contributed by atoms with Crippen LogP contribution in [0.5, 0.6) is 6.01 Å². The average molecular weight is 609 g/mol. The van der Waals surface area contributed by atoms with Crippen molar-refractivity contribution < 1.29 is 23.5 Å². The standard InChI is InChI=1S/C32H29FN8O4/c1-19(42)36-24-8-10-27(26(33)16-24)39-31(43)37-23-6-3-20(4-7-23)29-38-28-15-21(22-17-34-32(44-2)35-18-22)5-9-25(28)30(40-29)41-11-13-45-14-12-41/h3-10,15-18H,11-14H2,1-2H3,(H,36,42)(H2,37,39,43). The second-order valence-electron chi connectivity index (χ2n) is 10.2. The molecule has 12 nitrogen and oxygen atoms in total. The summed E-state index contributed by atoms with van der Waals surface area (Å²) in [7, 11) is 1.52. The maximum absolute atomic E-state index is 14.4. The Labute approximate surface area is 257 Å². The van der Waals surface area contributed by atoms with E-state index in [0.29, 0.717) is 49.5 Å². The molecule has 0 bridgehead atoms. The Balaban J connectivity index is 1.25. The number of nitrogens with zero attached hydrogens (tertiary/aromatic N) is 5. The fourth-order valence-corrected chi connectivity index (χ4v) is 4.89. The Morgan fingerprint density at radius 1 is 0.844 bits per heavy atom. The molecule has 1 fully saturated rings. The van der Waals surface area contributed by atoms with Crippen molar-refractivity contribution >= 4 is 45.7 Å². The summed E-state index contributed by atoms with van der Waals surface area (Å²) in [4.78, 5) is 44.3. The molecule has 1 aliphatic heterocycles. The molecule has 3 heterocycles. The van der Waals surface area contributed by atoms with Gasteiger partial charge in [-0.2, -0.15) is 0 Å². The van der Waals surface area contributed by atoms with Crippen LogP contribution in [0.2, 0.25) is 0 Å². The van der Waals surface area contributed by atoms with Gasteiger partial charge in [-0.15, -0.1) is 0 Å². The first kappa shape index (κ1) is 29.4. The number of morpholine rings is 1. The van der Waals surface area contributed by atoms with Crippen LogP contribution in [0.15, 0.2) is 73.1 Å². The van der Waals surface area contributed by atoms with Gasteiger partial charge in [0.15, 0.2) is 5.82 Å². The van der Waals surface area contributed by atoms with Crippen molar-refractivity contribution in [2.24, 2.45) is 0 Å². The molecule has 0 atom stereocenters. The summed E-state index contributed by atoms with van der Waals surface area (Å²) >= 11 is 0. The molecule has 1 aliphatic rings. The van der Waals surface area contributed by atoms with Crippen LogP contribution in [0.4, 0.5) is 32.1 Å². The van der Waals surface area contributed by atoms with Gasteiger partial charge in [0, 0.05) is 60.3 Å². The zero-order valence-electron chi connectivity index (χ0n) is 24.5. The fraction of sp³-hybridized carbons (Fsp3) is 0.188. The van der Waals surface area contributed by atoms with Crippen LogP contribution >= 0.6 is 0 Å². The molecule has 45 heavy (non-hydrogen) atoms. The number of carbonyl (C=O) groups is 2. The number of nitrogens with one attached hydrogen (secondary N) is 3. The number of aromatic nitrogens is 4. The van der Waals surface area contributed by atoms with Crippen molar-refractivity contribution in [3.05, 3.63) is 78.9 Å². The number of hydrogen-bond donors (Lipinski definition) is 3. The SMILES string of the molecule is COc1ncc(-c2ccc3c(N4CCOCC4)nc(-c4ccc(NC(=O)Nc5ccc(NC(C)=O)cc5F)cc4)nc3c2)cn1. The van der Waals surface area contributed by atoms with E-state index in [1.807, 2.05) is 30.3 Å². The summed E-state index contributed by atoms with van der Waals surface area (Å²) < 4.78 is 25.1. The lowest BCUT2D eigenvalue weighted by Gasteiger charge is -2.29. The van der Waals surface area contributed by atoms with Crippen LogP contribution < -0.4 is 25.6 Å². The van der Waals surface area contributed by atoms with Gasteiger partial charge in [0.2, 0.25) is 5.91 Å². The number of amides is 3. The number of rotatable bonds is 7. The van der Waals surface area contributed by atoms with Gasteiger partial charge in [0.05, 0.1) is 31.5 Å². The van der Waals surface area contributed by atoms with E-state index in [4.69, 9.17) is 19.4 Å². The first-order valence-corrected chi connectivity index (χ1v) is 14.1. The minimum Gasteiger partial charge on any atom is -0.467 e. The molecule has 0 unspecified atom stereocenters. The molecule has 6 rings (SSSR count). The number of carbonyl (C=O) groups excluding carboxylic acids is 2. The third-order valence-corrected chi connectivity index (χ3v) is 7.07. The summed E-state index contributed by atoms with van der Waals surface area (Å²) in [5.41, 5.74) is 3.97. The largest absolute Gasteiger partial charge is 0.467 e. The zero-order chi connectivity index (χ0) is 31.3. The van der Waals surface area contributed by atoms with Crippen LogP contribution in [0, 0.1) is 5.82 Å². The number of urea groups is 1. The maximum atomic E-state index is 14.4. The summed E-state index contributed by atoms with van der Waals surface area (Å²) in [6.07, 6.45) is 3.41. The molecule has 0 saturated carbocycles. The first-order chi connectivity index (χ1) is 21.9. The van der Waals surface area contributed by atoms with E-state index in [1.54, 1.807) is 24.5 Å². The van der Waals surface area contributed by atoms with Crippen molar-refractivity contribution in [1.29, 1.82) is 0 Å². The second-order valence-corrected chi connectivity index (χ2v) is 10.2. The van der Waals surface area contributed by atoms with Crippen LogP contribution in [0.3, 0.4) is 0 Å². The Morgan fingerprint density at radius 3 is 2.24 bits per heavy atom. The Bertz CT molecular complexity index is 1860. The Morgan fingerprint density at radius 2 is 1.56 bits per heavy atom. The number of benzene rings is 3. The first-order valence-electron chi connectivity index (χ1n) is 14.1. The van der Waals surface area contributed by atoms with Crippen LogP contribution in [0.25, 0.3) is 33.4 Å². The van der Waals surface area contributed by atoms with Crippen LogP contribution in [-0.2, 0) is 9.53 Å². The quantitative estimate of drug-likeness (QED) is 0.223. The number of halogens is 1. The van der Waals surface area contributed by atoms with Crippen LogP contribution in [0.1, 0.15) is 6.92 Å². The van der Waals surface area contributed by atoms with Crippen molar-refractivity contribution in [1.82, 2.24) is 19.9 Å². The van der Waals surface area contributed by atoms with Gasteiger partial charge in [-0.3, -0.25) is 4.79 Å². The highest BCUT2D eigenvalue weighted by Gasteiger charge is 2.19. The van der Waals surface area contributed by atoms with E-state index in [0.717, 1.165) is 39.5 Å². The molecule has 0 spiro atoms. The number of hydrogen-bond acceptors (Lipinski definition) is 9. The van der Waals surface area contributed by atoms with Gasteiger partial charge in [-0.05, 0) is 60.2 Å². The van der Waals surface area contributed by atoms with Gasteiger partial charge in [-0.25, -0.2) is 29.1 Å². The molecule has 13 heteroatoms. The highest BCUT2D eigenvalue weighted by molar-refractivity contribution is 6.00. The van der Waals surface area contributed by atoms with E-state index in [-0.39, 0.29) is 11.6 Å². The normalized spacial score (nSPS) is 12.9. The molecular formula is C32H29FN8O4. The molecule has 3 amide bonds. The molecular weight excluding hydrogens is 579 g/mol. The molecule has 0 aliphatic carbocycles. The summed E-state index contributed by atoms with van der Waals surface area (Å²) in [5, 5.41) is 8.58. The highest BCUT2D eigenvalue weighted by atomic mass is 19.1. The maximum Gasteiger partial charge on any atom is 0.323 e. The fourth-order valence-electron chi connectivity index (χ4n) is 4.89. The van der Waals surface area contributed by atoms with E-state index in [1.165, 1.54) is 26.2 Å². The van der Waals surface area contributed by atoms with Crippen molar-refractivity contribution in [2.45, 2.75) is 6.92 Å². The number of ether oxygens (including phenoxy) is 2. The van der Waals surface area contributed by atoms with Crippen molar-refractivity contribution in [3.63, 3.8) is 0 Å². The van der Waals surface area contributed by atoms with E-state index in [2.05, 4.69) is 30.8 Å². The lowest BCUT2D eigenvalue weighted by atomic mass is 10.1.